The summed E-state index contributed by atoms with van der Waals surface area (Å²) in [7, 11) is 3.85. The minimum absolute atomic E-state index is 0.0246. The minimum Gasteiger partial charge on any atom is -0.481 e. The minimum atomic E-state index is 0.0246. The van der Waals surface area contributed by atoms with Gasteiger partial charge in [-0.3, -0.25) is 4.79 Å². The van der Waals surface area contributed by atoms with Crippen LogP contribution < -0.4 is 10.1 Å². The van der Waals surface area contributed by atoms with Crippen molar-refractivity contribution in [2.24, 2.45) is 11.8 Å². The monoisotopic (exact) mass is 422 g/mol. The van der Waals surface area contributed by atoms with Crippen LogP contribution in [0.15, 0.2) is 30.3 Å². The number of methoxy groups -OCH3 is 1. The summed E-state index contributed by atoms with van der Waals surface area (Å²) >= 11 is 0. The van der Waals surface area contributed by atoms with Crippen LogP contribution in [-0.4, -0.2) is 54.6 Å². The normalized spacial score (nSPS) is 20.0. The van der Waals surface area contributed by atoms with Gasteiger partial charge in [0, 0.05) is 23.6 Å². The highest BCUT2D eigenvalue weighted by Crippen LogP contribution is 2.31. The van der Waals surface area contributed by atoms with Gasteiger partial charge >= 0.3 is 0 Å². The maximum absolute atomic E-state index is 12.9. The van der Waals surface area contributed by atoms with Gasteiger partial charge in [0.15, 0.2) is 5.82 Å². The van der Waals surface area contributed by atoms with Crippen LogP contribution in [-0.2, 0) is 17.6 Å². The molecule has 31 heavy (non-hydrogen) atoms. The zero-order chi connectivity index (χ0) is 21.6. The Kier molecular flexibility index (Phi) is 7.17. The molecule has 6 heteroatoms. The first-order valence-electron chi connectivity index (χ1n) is 11.6. The molecule has 0 radical (unpaired) electrons. The summed E-state index contributed by atoms with van der Waals surface area (Å²) in [5.41, 5.74) is 3.06. The lowest BCUT2D eigenvalue weighted by atomic mass is 9.93. The van der Waals surface area contributed by atoms with Crippen molar-refractivity contribution in [3.8, 4) is 17.3 Å². The summed E-state index contributed by atoms with van der Waals surface area (Å²) < 4.78 is 5.61. The number of carbonyl (C=O) groups is 1. The molecule has 1 fully saturated rings. The molecule has 1 aliphatic heterocycles. The second kappa shape index (κ2) is 10.2. The molecule has 1 aromatic heterocycles. The molecule has 0 spiro atoms. The van der Waals surface area contributed by atoms with Gasteiger partial charge in [-0.05, 0) is 71.0 Å². The molecule has 1 saturated heterocycles. The van der Waals surface area contributed by atoms with Crippen molar-refractivity contribution < 1.29 is 9.53 Å². The Hall–Kier alpha value is -2.47. The third-order valence-corrected chi connectivity index (χ3v) is 6.81. The number of aryl methyl sites for hydroxylation is 1. The molecule has 2 aromatic rings. The largest absolute Gasteiger partial charge is 0.481 e. The first-order valence-corrected chi connectivity index (χ1v) is 11.6. The highest BCUT2D eigenvalue weighted by Gasteiger charge is 2.26. The number of carbonyl (C=O) groups excluding carboxylic acids is 1. The Morgan fingerprint density at radius 1 is 1.10 bits per heavy atom. The van der Waals surface area contributed by atoms with Crippen LogP contribution in [0.25, 0.3) is 11.4 Å². The average Bonchev–Trinajstić information content (AvgIpc) is 3.03. The topological polar surface area (TPSA) is 67.3 Å². The fourth-order valence-electron chi connectivity index (χ4n) is 4.78. The van der Waals surface area contributed by atoms with E-state index in [9.17, 15) is 4.79 Å². The summed E-state index contributed by atoms with van der Waals surface area (Å²) in [6.07, 6.45) is 6.77. The van der Waals surface area contributed by atoms with Crippen molar-refractivity contribution in [3.63, 3.8) is 0 Å². The number of nitrogens with zero attached hydrogens (tertiary/aromatic N) is 3. The van der Waals surface area contributed by atoms with Gasteiger partial charge in [-0.1, -0.05) is 30.3 Å². The Labute approximate surface area is 185 Å². The van der Waals surface area contributed by atoms with Crippen LogP contribution in [0.2, 0.25) is 0 Å². The second-order valence-corrected chi connectivity index (χ2v) is 8.95. The van der Waals surface area contributed by atoms with E-state index in [2.05, 4.69) is 22.2 Å². The highest BCUT2D eigenvalue weighted by atomic mass is 16.5. The zero-order valence-electron chi connectivity index (χ0n) is 18.8. The van der Waals surface area contributed by atoms with Crippen LogP contribution in [0, 0.1) is 11.8 Å². The predicted molar refractivity (Wildman–Crippen MR) is 122 cm³/mol. The van der Waals surface area contributed by atoms with Gasteiger partial charge < -0.3 is 15.0 Å². The number of likely N-dealkylation sites (tertiary alicyclic amines) is 1. The number of ether oxygens (including phenoxy) is 1. The molecule has 1 aromatic carbocycles. The van der Waals surface area contributed by atoms with Gasteiger partial charge in [0.25, 0.3) is 0 Å². The molecule has 1 unspecified atom stereocenters. The Bertz CT molecular complexity index is 879. The van der Waals surface area contributed by atoms with E-state index in [-0.39, 0.29) is 11.8 Å². The van der Waals surface area contributed by atoms with E-state index in [0.717, 1.165) is 61.4 Å². The number of rotatable bonds is 6. The van der Waals surface area contributed by atoms with Crippen LogP contribution in [0.4, 0.5) is 0 Å². The van der Waals surface area contributed by atoms with E-state index >= 15 is 0 Å². The SMILES string of the molecule is COc1nc(-c2ccccc2)nc2c1CCC(C(=O)NCCC1CCN(C)CC1)CC2. The van der Waals surface area contributed by atoms with Crippen molar-refractivity contribution in [1.82, 2.24) is 20.2 Å². The standard InChI is InChI=1S/C25H34N4O2/c1-29-16-13-18(14-17-29)12-15-26-24(30)20-8-10-21-22(11-9-20)27-23(28-25(21)31-2)19-6-4-3-5-7-19/h3-7,18,20H,8-17H2,1-2H3,(H,26,30). The Morgan fingerprint density at radius 3 is 2.58 bits per heavy atom. The van der Waals surface area contributed by atoms with Crippen molar-refractivity contribution in [2.45, 2.75) is 44.9 Å². The van der Waals surface area contributed by atoms with Gasteiger partial charge in [0.2, 0.25) is 11.8 Å². The van der Waals surface area contributed by atoms with Gasteiger partial charge in [-0.2, -0.15) is 4.98 Å². The molecule has 1 N–H and O–H groups in total. The fraction of sp³-hybridized carbons (Fsp3) is 0.560. The quantitative estimate of drug-likeness (QED) is 0.722. The average molecular weight is 423 g/mol. The zero-order valence-corrected chi connectivity index (χ0v) is 18.8. The molecule has 0 saturated carbocycles. The number of fused-ring (bicyclic) bond motifs is 1. The number of nitrogens with one attached hydrogen (secondary N) is 1. The lowest BCUT2D eigenvalue weighted by molar-refractivity contribution is -0.125. The lowest BCUT2D eigenvalue weighted by Gasteiger charge is -2.29. The molecular formula is C25H34N4O2. The van der Waals surface area contributed by atoms with Crippen LogP contribution in [0.5, 0.6) is 5.88 Å². The molecule has 0 bridgehead atoms. The summed E-state index contributed by atoms with van der Waals surface area (Å²) in [6, 6.07) is 9.99. The van der Waals surface area contributed by atoms with Gasteiger partial charge in [0.1, 0.15) is 0 Å². The number of benzene rings is 1. The smallest absolute Gasteiger partial charge is 0.223 e. The van der Waals surface area contributed by atoms with E-state index in [4.69, 9.17) is 9.72 Å². The number of aromatic nitrogens is 2. The van der Waals surface area contributed by atoms with E-state index in [1.807, 2.05) is 30.3 Å². The maximum atomic E-state index is 12.9. The number of hydrogen-bond donors (Lipinski definition) is 1. The molecule has 2 aliphatic rings. The first kappa shape index (κ1) is 21.8. The number of amides is 1. The first-order chi connectivity index (χ1) is 15.1. The molecule has 6 nitrogen and oxygen atoms in total. The Morgan fingerprint density at radius 2 is 1.84 bits per heavy atom. The molecule has 1 atom stereocenters. The molecule has 166 valence electrons. The third-order valence-electron chi connectivity index (χ3n) is 6.81. The van der Waals surface area contributed by atoms with E-state index in [1.165, 1.54) is 25.9 Å². The molecule has 4 rings (SSSR count). The number of hydrogen-bond acceptors (Lipinski definition) is 5. The fourth-order valence-corrected chi connectivity index (χ4v) is 4.78. The van der Waals surface area contributed by atoms with Gasteiger partial charge in [-0.15, -0.1) is 0 Å². The Balaban J connectivity index is 1.36. The maximum Gasteiger partial charge on any atom is 0.223 e. The van der Waals surface area contributed by atoms with E-state index < -0.39 is 0 Å². The summed E-state index contributed by atoms with van der Waals surface area (Å²) in [4.78, 5) is 24.7. The van der Waals surface area contributed by atoms with Crippen LogP contribution in [0.3, 0.4) is 0 Å². The molecule has 1 aliphatic carbocycles. The van der Waals surface area contributed by atoms with E-state index in [0.29, 0.717) is 11.7 Å². The van der Waals surface area contributed by atoms with Crippen molar-refractivity contribution >= 4 is 5.91 Å². The van der Waals surface area contributed by atoms with Crippen LogP contribution >= 0.6 is 0 Å². The predicted octanol–water partition coefficient (Wildman–Crippen LogP) is 3.50. The van der Waals surface area contributed by atoms with Gasteiger partial charge in [-0.25, -0.2) is 4.98 Å². The number of piperidine rings is 1. The summed E-state index contributed by atoms with van der Waals surface area (Å²) in [5, 5.41) is 3.21. The molecule has 2 heterocycles. The summed E-state index contributed by atoms with van der Waals surface area (Å²) in [5.74, 6) is 2.29. The van der Waals surface area contributed by atoms with Crippen molar-refractivity contribution in [1.29, 1.82) is 0 Å². The van der Waals surface area contributed by atoms with Gasteiger partial charge in [0.05, 0.1) is 12.8 Å². The lowest BCUT2D eigenvalue weighted by Crippen LogP contribution is -2.35. The van der Waals surface area contributed by atoms with Crippen LogP contribution in [0.1, 0.15) is 43.4 Å². The third kappa shape index (κ3) is 5.42. The second-order valence-electron chi connectivity index (χ2n) is 8.95. The highest BCUT2D eigenvalue weighted by molar-refractivity contribution is 5.78. The van der Waals surface area contributed by atoms with E-state index in [1.54, 1.807) is 7.11 Å². The molecular weight excluding hydrogens is 388 g/mol. The van der Waals surface area contributed by atoms with Crippen molar-refractivity contribution in [3.05, 3.63) is 41.6 Å². The molecule has 1 amide bonds. The van der Waals surface area contributed by atoms with Crippen molar-refractivity contribution in [2.75, 3.05) is 33.8 Å². The summed E-state index contributed by atoms with van der Waals surface area (Å²) in [6.45, 7) is 3.14.